The fourth-order valence-corrected chi connectivity index (χ4v) is 4.60. The molecule has 2 fully saturated rings. The highest BCUT2D eigenvalue weighted by Gasteiger charge is 2.19. The summed E-state index contributed by atoms with van der Waals surface area (Å²) in [4.78, 5) is 19.6. The van der Waals surface area contributed by atoms with E-state index in [1.807, 2.05) is 12.1 Å². The fraction of sp³-hybridized carbons (Fsp3) is 0.480. The first-order valence-corrected chi connectivity index (χ1v) is 11.3. The molecule has 0 radical (unpaired) electrons. The fourth-order valence-electron chi connectivity index (χ4n) is 4.60. The lowest BCUT2D eigenvalue weighted by Gasteiger charge is -2.36. The monoisotopic (exact) mass is 406 g/mol. The molecule has 2 aromatic carbocycles. The molecule has 2 heterocycles. The van der Waals surface area contributed by atoms with Gasteiger partial charge in [-0.3, -0.25) is 14.6 Å². The first kappa shape index (κ1) is 20.9. The van der Waals surface area contributed by atoms with E-state index < -0.39 is 0 Å². The number of nitrogens with zero attached hydrogens (tertiary/aromatic N) is 3. The van der Waals surface area contributed by atoms with Crippen LogP contribution in [0.1, 0.15) is 25.3 Å². The van der Waals surface area contributed by atoms with Gasteiger partial charge >= 0.3 is 0 Å². The zero-order valence-corrected chi connectivity index (χ0v) is 18.1. The van der Waals surface area contributed by atoms with Crippen molar-refractivity contribution in [2.24, 2.45) is 5.92 Å². The van der Waals surface area contributed by atoms with E-state index >= 15 is 0 Å². The molecular formula is C25H34N4O. The zero-order valence-electron chi connectivity index (χ0n) is 18.1. The lowest BCUT2D eigenvalue weighted by molar-refractivity contribution is -0.117. The van der Waals surface area contributed by atoms with Crippen molar-refractivity contribution in [3.63, 3.8) is 0 Å². The summed E-state index contributed by atoms with van der Waals surface area (Å²) in [7, 11) is 0. The second-order valence-electron chi connectivity index (χ2n) is 8.83. The summed E-state index contributed by atoms with van der Waals surface area (Å²) in [5.74, 6) is 0.783. The number of rotatable bonds is 6. The minimum Gasteiger partial charge on any atom is -0.369 e. The molecule has 1 N–H and O–H groups in total. The second-order valence-corrected chi connectivity index (χ2v) is 8.83. The van der Waals surface area contributed by atoms with Gasteiger partial charge in [-0.2, -0.15) is 0 Å². The van der Waals surface area contributed by atoms with Crippen molar-refractivity contribution in [3.05, 3.63) is 60.2 Å². The lowest BCUT2D eigenvalue weighted by Crippen LogP contribution is -2.45. The van der Waals surface area contributed by atoms with Crippen LogP contribution in [0.4, 0.5) is 11.4 Å². The predicted octanol–water partition coefficient (Wildman–Crippen LogP) is 3.68. The molecule has 5 nitrogen and oxygen atoms in total. The minimum absolute atomic E-state index is 0.0892. The molecule has 0 spiro atoms. The summed E-state index contributed by atoms with van der Waals surface area (Å²) < 4.78 is 0. The largest absolute Gasteiger partial charge is 0.369 e. The Balaban J connectivity index is 1.23. The minimum atomic E-state index is 0.0892. The summed E-state index contributed by atoms with van der Waals surface area (Å²) in [6.45, 7) is 10.1. The van der Waals surface area contributed by atoms with Gasteiger partial charge in [0.05, 0.1) is 6.54 Å². The highest BCUT2D eigenvalue weighted by atomic mass is 16.2. The van der Waals surface area contributed by atoms with Gasteiger partial charge in [-0.25, -0.2) is 0 Å². The molecule has 2 aliphatic heterocycles. The van der Waals surface area contributed by atoms with Gasteiger partial charge in [0.15, 0.2) is 0 Å². The maximum Gasteiger partial charge on any atom is 0.238 e. The van der Waals surface area contributed by atoms with Crippen molar-refractivity contribution in [1.82, 2.24) is 9.80 Å². The molecule has 5 heteroatoms. The van der Waals surface area contributed by atoms with E-state index in [0.717, 1.165) is 51.5 Å². The van der Waals surface area contributed by atoms with Crippen LogP contribution >= 0.6 is 0 Å². The summed E-state index contributed by atoms with van der Waals surface area (Å²) in [6.07, 6.45) is 2.47. The molecule has 160 valence electrons. The van der Waals surface area contributed by atoms with Crippen molar-refractivity contribution in [2.45, 2.75) is 26.3 Å². The SMILES string of the molecule is C[C@@H]1CCCN(CC(=O)Nc2ccc(N3CCN(Cc4ccccc4)CC3)cc2)C1. The molecule has 2 saturated heterocycles. The summed E-state index contributed by atoms with van der Waals surface area (Å²) >= 11 is 0. The molecule has 4 rings (SSSR count). The number of piperazine rings is 1. The van der Waals surface area contributed by atoms with E-state index in [2.05, 4.69) is 69.4 Å². The first-order chi connectivity index (χ1) is 14.7. The Bertz CT molecular complexity index is 800. The number of carbonyl (C=O) groups is 1. The molecule has 2 aromatic rings. The standard InChI is InChI=1S/C25H34N4O/c1-21-6-5-13-28(18-21)20-25(30)26-23-9-11-24(12-10-23)29-16-14-27(15-17-29)19-22-7-3-2-4-8-22/h2-4,7-12,21H,5-6,13-20H2,1H3,(H,26,30)/t21-/m1/s1. The van der Waals surface area contributed by atoms with Crippen LogP contribution in [0.15, 0.2) is 54.6 Å². The number of hydrogen-bond donors (Lipinski definition) is 1. The topological polar surface area (TPSA) is 38.8 Å². The molecule has 0 unspecified atom stereocenters. The first-order valence-electron chi connectivity index (χ1n) is 11.3. The predicted molar refractivity (Wildman–Crippen MR) is 124 cm³/mol. The summed E-state index contributed by atoms with van der Waals surface area (Å²) in [6, 6.07) is 19.0. The van der Waals surface area contributed by atoms with Gasteiger partial charge in [0.1, 0.15) is 0 Å². The molecular weight excluding hydrogens is 372 g/mol. The van der Waals surface area contributed by atoms with Gasteiger partial charge in [0.25, 0.3) is 0 Å². The van der Waals surface area contributed by atoms with E-state index in [1.54, 1.807) is 0 Å². The Morgan fingerprint density at radius 1 is 0.933 bits per heavy atom. The molecule has 0 aromatic heterocycles. The number of hydrogen-bond acceptors (Lipinski definition) is 4. The number of anilines is 2. The Labute approximate surface area is 180 Å². The Kier molecular flexibility index (Phi) is 7.03. The molecule has 1 atom stereocenters. The third-order valence-electron chi connectivity index (χ3n) is 6.25. The molecule has 30 heavy (non-hydrogen) atoms. The zero-order chi connectivity index (χ0) is 20.8. The van der Waals surface area contributed by atoms with Crippen LogP contribution in [0.2, 0.25) is 0 Å². The number of piperidine rings is 1. The highest BCUT2D eigenvalue weighted by Crippen LogP contribution is 2.21. The number of nitrogens with one attached hydrogen (secondary N) is 1. The Morgan fingerprint density at radius 2 is 1.67 bits per heavy atom. The third-order valence-corrected chi connectivity index (χ3v) is 6.25. The van der Waals surface area contributed by atoms with Crippen molar-refractivity contribution >= 4 is 17.3 Å². The molecule has 2 aliphatic rings. The quantitative estimate of drug-likeness (QED) is 0.794. The van der Waals surface area contributed by atoms with Crippen LogP contribution in [0, 0.1) is 5.92 Å². The number of carbonyl (C=O) groups excluding carboxylic acids is 1. The van der Waals surface area contributed by atoms with Gasteiger partial charge < -0.3 is 10.2 Å². The van der Waals surface area contributed by atoms with Crippen molar-refractivity contribution in [2.75, 3.05) is 56.0 Å². The van der Waals surface area contributed by atoms with Crippen molar-refractivity contribution in [1.29, 1.82) is 0 Å². The van der Waals surface area contributed by atoms with E-state index in [0.29, 0.717) is 12.5 Å². The van der Waals surface area contributed by atoms with Crippen molar-refractivity contribution < 1.29 is 4.79 Å². The smallest absolute Gasteiger partial charge is 0.238 e. The normalized spacial score (nSPS) is 20.8. The highest BCUT2D eigenvalue weighted by molar-refractivity contribution is 5.92. The molecule has 0 aliphatic carbocycles. The van der Waals surface area contributed by atoms with Crippen LogP contribution in [-0.2, 0) is 11.3 Å². The number of benzene rings is 2. The molecule has 1 amide bonds. The maximum absolute atomic E-state index is 12.4. The van der Waals surface area contributed by atoms with E-state index in [-0.39, 0.29) is 5.91 Å². The number of amides is 1. The van der Waals surface area contributed by atoms with Gasteiger partial charge in [-0.1, -0.05) is 37.3 Å². The van der Waals surface area contributed by atoms with Gasteiger partial charge in [-0.15, -0.1) is 0 Å². The van der Waals surface area contributed by atoms with E-state index in [1.165, 1.54) is 24.1 Å². The second kappa shape index (κ2) is 10.1. The van der Waals surface area contributed by atoms with E-state index in [9.17, 15) is 4.79 Å². The lowest BCUT2D eigenvalue weighted by atomic mass is 10.0. The van der Waals surface area contributed by atoms with Crippen LogP contribution < -0.4 is 10.2 Å². The van der Waals surface area contributed by atoms with Crippen LogP contribution in [0.5, 0.6) is 0 Å². The average Bonchev–Trinajstić information content (AvgIpc) is 2.76. The molecule has 0 saturated carbocycles. The van der Waals surface area contributed by atoms with E-state index in [4.69, 9.17) is 0 Å². The van der Waals surface area contributed by atoms with Crippen LogP contribution in [0.25, 0.3) is 0 Å². The van der Waals surface area contributed by atoms with Gasteiger partial charge in [-0.05, 0) is 55.1 Å². The third kappa shape index (κ3) is 5.83. The number of likely N-dealkylation sites (tertiary alicyclic amines) is 1. The molecule has 0 bridgehead atoms. The van der Waals surface area contributed by atoms with Crippen LogP contribution in [-0.4, -0.2) is 61.5 Å². The van der Waals surface area contributed by atoms with Gasteiger partial charge in [0, 0.05) is 50.6 Å². The Morgan fingerprint density at radius 3 is 2.37 bits per heavy atom. The summed E-state index contributed by atoms with van der Waals surface area (Å²) in [5, 5.41) is 3.06. The maximum atomic E-state index is 12.4. The van der Waals surface area contributed by atoms with Crippen molar-refractivity contribution in [3.8, 4) is 0 Å². The van der Waals surface area contributed by atoms with Crippen LogP contribution in [0.3, 0.4) is 0 Å². The van der Waals surface area contributed by atoms with Gasteiger partial charge in [0.2, 0.25) is 5.91 Å². The Hall–Kier alpha value is -2.37. The average molecular weight is 407 g/mol. The summed E-state index contributed by atoms with van der Waals surface area (Å²) in [5.41, 5.74) is 3.50.